The monoisotopic (exact) mass is 295 g/mol. The molecule has 0 saturated carbocycles. The molecule has 0 atom stereocenters. The third-order valence-electron chi connectivity index (χ3n) is 2.75. The second-order valence-electron chi connectivity index (χ2n) is 4.55. The first-order chi connectivity index (χ1) is 9.74. The number of methoxy groups -OCH3 is 1. The molecule has 5 nitrogen and oxygen atoms in total. The van der Waals surface area contributed by atoms with E-state index in [2.05, 4.69) is 35.2 Å². The first kappa shape index (κ1) is 15.0. The van der Waals surface area contributed by atoms with Crippen LogP contribution in [0.25, 0.3) is 10.2 Å². The average molecular weight is 295 g/mol. The topological polar surface area (TPSA) is 56.3 Å². The van der Waals surface area contributed by atoms with Crippen molar-refractivity contribution >= 4 is 27.5 Å². The van der Waals surface area contributed by atoms with E-state index in [1.807, 2.05) is 0 Å². The van der Waals surface area contributed by atoms with Crippen LogP contribution in [0.15, 0.2) is 6.07 Å². The van der Waals surface area contributed by atoms with Crippen LogP contribution in [0.1, 0.15) is 24.6 Å². The van der Waals surface area contributed by atoms with E-state index in [1.54, 1.807) is 18.4 Å². The summed E-state index contributed by atoms with van der Waals surface area (Å²) in [6.07, 6.45) is 1.89. The van der Waals surface area contributed by atoms with Crippen molar-refractivity contribution in [3.63, 3.8) is 0 Å². The summed E-state index contributed by atoms with van der Waals surface area (Å²) < 4.78 is 10.8. The molecule has 0 aliphatic heterocycles. The molecule has 0 aliphatic carbocycles. The maximum atomic E-state index is 5.79. The first-order valence-corrected chi connectivity index (χ1v) is 7.70. The SMILES string of the molecule is CCCNc1nc(OCCCOC)c2cc(C)sc2n1. The molecule has 0 unspecified atom stereocenters. The number of anilines is 1. The van der Waals surface area contributed by atoms with Crippen molar-refractivity contribution in [1.82, 2.24) is 9.97 Å². The number of hydrogen-bond acceptors (Lipinski definition) is 6. The van der Waals surface area contributed by atoms with Gasteiger partial charge in [0.25, 0.3) is 0 Å². The second kappa shape index (κ2) is 7.40. The Morgan fingerprint density at radius 1 is 1.30 bits per heavy atom. The summed E-state index contributed by atoms with van der Waals surface area (Å²) in [7, 11) is 1.69. The van der Waals surface area contributed by atoms with Crippen molar-refractivity contribution in [2.75, 3.05) is 32.2 Å². The van der Waals surface area contributed by atoms with E-state index in [-0.39, 0.29) is 0 Å². The molecule has 1 N–H and O–H groups in total. The average Bonchev–Trinajstić information content (AvgIpc) is 2.81. The van der Waals surface area contributed by atoms with Gasteiger partial charge in [0.2, 0.25) is 11.8 Å². The quantitative estimate of drug-likeness (QED) is 0.758. The molecule has 0 fully saturated rings. The summed E-state index contributed by atoms with van der Waals surface area (Å²) in [5.74, 6) is 1.30. The second-order valence-corrected chi connectivity index (χ2v) is 5.78. The van der Waals surface area contributed by atoms with Crippen molar-refractivity contribution in [3.05, 3.63) is 10.9 Å². The zero-order valence-electron chi connectivity index (χ0n) is 12.2. The third-order valence-corrected chi connectivity index (χ3v) is 3.69. The maximum absolute atomic E-state index is 5.79. The van der Waals surface area contributed by atoms with Crippen LogP contribution in [-0.2, 0) is 4.74 Å². The van der Waals surface area contributed by atoms with Crippen LogP contribution in [0.2, 0.25) is 0 Å². The van der Waals surface area contributed by atoms with Gasteiger partial charge in [-0.1, -0.05) is 6.92 Å². The predicted octanol–water partition coefficient (Wildman–Crippen LogP) is 3.24. The Hall–Kier alpha value is -1.40. The van der Waals surface area contributed by atoms with Crippen LogP contribution in [-0.4, -0.2) is 36.8 Å². The minimum absolute atomic E-state index is 0.599. The van der Waals surface area contributed by atoms with E-state index >= 15 is 0 Å². The number of thiophene rings is 1. The fraction of sp³-hybridized carbons (Fsp3) is 0.571. The summed E-state index contributed by atoms with van der Waals surface area (Å²) in [5.41, 5.74) is 0. The molecule has 0 spiro atoms. The highest BCUT2D eigenvalue weighted by Crippen LogP contribution is 2.31. The number of ether oxygens (including phenoxy) is 2. The standard InChI is InChI=1S/C14H21N3O2S/c1-4-6-15-14-16-12(19-8-5-7-18-3)11-9-10(2)20-13(11)17-14/h9H,4-8H2,1-3H3,(H,15,16,17). The maximum Gasteiger partial charge on any atom is 0.227 e. The largest absolute Gasteiger partial charge is 0.477 e. The molecular formula is C14H21N3O2S. The molecule has 2 rings (SSSR count). The minimum atomic E-state index is 0.599. The van der Waals surface area contributed by atoms with Crippen LogP contribution >= 0.6 is 11.3 Å². The van der Waals surface area contributed by atoms with E-state index in [1.165, 1.54) is 4.88 Å². The van der Waals surface area contributed by atoms with Gasteiger partial charge in [-0.05, 0) is 19.4 Å². The number of nitrogens with one attached hydrogen (secondary N) is 1. The van der Waals surface area contributed by atoms with Gasteiger partial charge in [-0.15, -0.1) is 11.3 Å². The summed E-state index contributed by atoms with van der Waals surface area (Å²) >= 11 is 1.66. The highest BCUT2D eigenvalue weighted by molar-refractivity contribution is 7.18. The Kier molecular flexibility index (Phi) is 5.55. The molecular weight excluding hydrogens is 274 g/mol. The number of nitrogens with zero attached hydrogens (tertiary/aromatic N) is 2. The van der Waals surface area contributed by atoms with Gasteiger partial charge in [0.15, 0.2) is 0 Å². The fourth-order valence-corrected chi connectivity index (χ4v) is 2.68. The van der Waals surface area contributed by atoms with Gasteiger partial charge in [0, 0.05) is 31.6 Å². The summed E-state index contributed by atoms with van der Waals surface area (Å²) in [4.78, 5) is 11.2. The van der Waals surface area contributed by atoms with Crippen LogP contribution in [0.3, 0.4) is 0 Å². The molecule has 0 aliphatic rings. The van der Waals surface area contributed by atoms with Gasteiger partial charge in [-0.25, -0.2) is 4.98 Å². The summed E-state index contributed by atoms with van der Waals surface area (Å²) in [6, 6.07) is 2.08. The van der Waals surface area contributed by atoms with Crippen LogP contribution in [0, 0.1) is 6.92 Å². The molecule has 2 aromatic rings. The number of aromatic nitrogens is 2. The predicted molar refractivity (Wildman–Crippen MR) is 82.9 cm³/mol. The summed E-state index contributed by atoms with van der Waals surface area (Å²) in [5, 5.41) is 4.21. The molecule has 20 heavy (non-hydrogen) atoms. The molecule has 0 bridgehead atoms. The minimum Gasteiger partial charge on any atom is -0.477 e. The molecule has 6 heteroatoms. The molecule has 0 saturated heterocycles. The van der Waals surface area contributed by atoms with E-state index in [0.717, 1.165) is 29.6 Å². The molecule has 2 heterocycles. The van der Waals surface area contributed by atoms with Crippen LogP contribution in [0.4, 0.5) is 5.95 Å². The van der Waals surface area contributed by atoms with Crippen molar-refractivity contribution in [3.8, 4) is 5.88 Å². The van der Waals surface area contributed by atoms with E-state index in [9.17, 15) is 0 Å². The molecule has 0 amide bonds. The van der Waals surface area contributed by atoms with E-state index in [0.29, 0.717) is 25.0 Å². The highest BCUT2D eigenvalue weighted by atomic mass is 32.1. The van der Waals surface area contributed by atoms with Crippen LogP contribution < -0.4 is 10.1 Å². The highest BCUT2D eigenvalue weighted by Gasteiger charge is 2.11. The molecule has 0 aromatic carbocycles. The van der Waals surface area contributed by atoms with Crippen molar-refractivity contribution in [2.45, 2.75) is 26.7 Å². The lowest BCUT2D eigenvalue weighted by Gasteiger charge is -2.08. The Labute approximate surface area is 123 Å². The van der Waals surface area contributed by atoms with Gasteiger partial charge in [-0.3, -0.25) is 0 Å². The zero-order valence-corrected chi connectivity index (χ0v) is 13.0. The van der Waals surface area contributed by atoms with Crippen molar-refractivity contribution in [2.24, 2.45) is 0 Å². The van der Waals surface area contributed by atoms with Gasteiger partial charge >= 0.3 is 0 Å². The summed E-state index contributed by atoms with van der Waals surface area (Å²) in [6.45, 7) is 6.34. The lowest BCUT2D eigenvalue weighted by molar-refractivity contribution is 0.171. The first-order valence-electron chi connectivity index (χ1n) is 6.88. The number of aryl methyl sites for hydroxylation is 1. The molecule has 2 aromatic heterocycles. The normalized spacial score (nSPS) is 10.9. The van der Waals surface area contributed by atoms with Gasteiger partial charge in [0.05, 0.1) is 12.0 Å². The lowest BCUT2D eigenvalue weighted by Crippen LogP contribution is -2.07. The van der Waals surface area contributed by atoms with Gasteiger partial charge in [0.1, 0.15) is 4.83 Å². The van der Waals surface area contributed by atoms with Crippen molar-refractivity contribution in [1.29, 1.82) is 0 Å². The Morgan fingerprint density at radius 3 is 2.90 bits per heavy atom. The Morgan fingerprint density at radius 2 is 2.15 bits per heavy atom. The van der Waals surface area contributed by atoms with Gasteiger partial charge < -0.3 is 14.8 Å². The molecule has 110 valence electrons. The van der Waals surface area contributed by atoms with Crippen LogP contribution in [0.5, 0.6) is 5.88 Å². The third kappa shape index (κ3) is 3.80. The Balaban J connectivity index is 2.19. The lowest BCUT2D eigenvalue weighted by atomic mass is 10.3. The fourth-order valence-electron chi connectivity index (χ4n) is 1.81. The zero-order chi connectivity index (χ0) is 14.4. The smallest absolute Gasteiger partial charge is 0.227 e. The van der Waals surface area contributed by atoms with Crippen molar-refractivity contribution < 1.29 is 9.47 Å². The Bertz CT molecular complexity index is 557. The van der Waals surface area contributed by atoms with E-state index < -0.39 is 0 Å². The number of rotatable bonds is 8. The molecule has 0 radical (unpaired) electrons. The van der Waals surface area contributed by atoms with Gasteiger partial charge in [-0.2, -0.15) is 4.98 Å². The number of fused-ring (bicyclic) bond motifs is 1. The number of hydrogen-bond donors (Lipinski definition) is 1. The van der Waals surface area contributed by atoms with E-state index in [4.69, 9.17) is 9.47 Å².